The average Bonchev–Trinajstić information content (AvgIpc) is 3.57. The maximum Gasteiger partial charge on any atom is 0.343 e. The Hall–Kier alpha value is -5.76. The Labute approximate surface area is 448 Å². The fourth-order valence-electron chi connectivity index (χ4n) is 10.8. The molecule has 1 saturated heterocycles. The van der Waals surface area contributed by atoms with Gasteiger partial charge in [0.15, 0.2) is 22.7 Å². The Kier molecular flexibility index (Phi) is 16.8. The van der Waals surface area contributed by atoms with Gasteiger partial charge in [-0.3, -0.25) is 9.59 Å². The first-order valence-corrected chi connectivity index (χ1v) is 26.9. The lowest BCUT2D eigenvalue weighted by Gasteiger charge is -2.59. The van der Waals surface area contributed by atoms with Crippen LogP contribution in [0.2, 0.25) is 0 Å². The summed E-state index contributed by atoms with van der Waals surface area (Å²) in [4.78, 5) is 44.3. The van der Waals surface area contributed by atoms with Gasteiger partial charge in [-0.15, -0.1) is 11.8 Å². The highest BCUT2D eigenvalue weighted by Crippen LogP contribution is 2.65. The smallest absolute Gasteiger partial charge is 0.343 e. The van der Waals surface area contributed by atoms with Crippen molar-refractivity contribution in [3.05, 3.63) is 118 Å². The second-order valence-electron chi connectivity index (χ2n) is 21.5. The molecule has 0 radical (unpaired) electrons. The number of anilines is 1. The third-order valence-electron chi connectivity index (χ3n) is 15.2. The number of hydrogen-bond donors (Lipinski definition) is 8. The van der Waals surface area contributed by atoms with Crippen molar-refractivity contribution in [1.29, 1.82) is 0 Å². The van der Waals surface area contributed by atoms with E-state index >= 15 is 4.79 Å². The molecule has 76 heavy (non-hydrogen) atoms. The van der Waals surface area contributed by atoms with Crippen molar-refractivity contribution in [2.45, 2.75) is 146 Å². The lowest BCUT2D eigenvalue weighted by Crippen LogP contribution is -2.74. The number of allylic oxidation sites excluding steroid dienone is 4. The number of fused-ring (bicyclic) bond motifs is 4. The molecule has 8 rings (SSSR count). The van der Waals surface area contributed by atoms with Crippen LogP contribution in [-0.4, -0.2) is 121 Å². The van der Waals surface area contributed by atoms with Crippen LogP contribution in [-0.2, 0) is 20.7 Å². The van der Waals surface area contributed by atoms with Crippen molar-refractivity contribution in [2.24, 2.45) is 17.8 Å². The summed E-state index contributed by atoms with van der Waals surface area (Å²) in [6, 6.07) is 13.6. The van der Waals surface area contributed by atoms with Gasteiger partial charge in [0.05, 0.1) is 41.3 Å². The molecular formula is C59H72N2O14S. The van der Waals surface area contributed by atoms with Gasteiger partial charge in [-0.1, -0.05) is 69.2 Å². The number of para-hydroxylation sites is 1. The predicted molar refractivity (Wildman–Crippen MR) is 289 cm³/mol. The number of carbonyl (C=O) groups excluding carboxylic acids is 3. The summed E-state index contributed by atoms with van der Waals surface area (Å²) in [5.41, 5.74) is 0.482. The number of amides is 1. The first kappa shape index (κ1) is 56.4. The highest BCUT2D eigenvalue weighted by atomic mass is 32.2. The first-order chi connectivity index (χ1) is 36.1. The lowest BCUT2D eigenvalue weighted by molar-refractivity contribution is -0.277. The second kappa shape index (κ2) is 22.7. The molecule has 0 bridgehead atoms. The van der Waals surface area contributed by atoms with Crippen molar-refractivity contribution in [1.82, 2.24) is 5.32 Å². The minimum Gasteiger partial charge on any atom is -0.482 e. The standard InChI is InChI=1S/C59H72N2O14S/c1-31(2)14-12-25-57(9)27-24-39-50(74-57)38(23-18-32(3)4)52-44(51(39)73-55(69)36-19-21-37(22-20-36)71-56-49(67)48(66)47(65)41(30-63)72-56)46-45-53(76-42-16-11-10-15-40(42)61-46)34(7)54(68)58(70,26-13-17-43(64)60-28-29-62)59(45,75-52)35(8)33(5)6/h10-11,13-22,24,27,33-35,41,47-49,53,56,61-63,65-67,70H,12,23,25-26,28-30H2,1-9H3,(H,60,64)/b17-13-/t34?,35?,41-,47-,48+,49-,53?,56-,57?,58?,59?/m1/s1. The van der Waals surface area contributed by atoms with Crippen LogP contribution in [0.3, 0.4) is 0 Å². The number of ether oxygens (including phenoxy) is 5. The molecule has 1 aliphatic carbocycles. The number of benzene rings is 3. The van der Waals surface area contributed by atoms with Crippen LogP contribution in [0.15, 0.2) is 101 Å². The minimum atomic E-state index is -2.29. The molecule has 2 fully saturated rings. The zero-order valence-corrected chi connectivity index (χ0v) is 45.4. The molecule has 1 saturated carbocycles. The van der Waals surface area contributed by atoms with Gasteiger partial charge in [0, 0.05) is 46.1 Å². The zero-order valence-electron chi connectivity index (χ0n) is 44.6. The molecule has 8 N–H and O–H groups in total. The molecule has 0 aromatic heterocycles. The van der Waals surface area contributed by atoms with Crippen molar-refractivity contribution >= 4 is 46.9 Å². The van der Waals surface area contributed by atoms with E-state index < -0.39 is 88.9 Å². The number of rotatable bonds is 17. The summed E-state index contributed by atoms with van der Waals surface area (Å²) in [6.45, 7) is 16.9. The molecule has 16 nitrogen and oxygen atoms in total. The van der Waals surface area contributed by atoms with Crippen LogP contribution in [0.1, 0.15) is 109 Å². The molecule has 6 unspecified atom stereocenters. The van der Waals surface area contributed by atoms with Crippen LogP contribution in [0.5, 0.6) is 23.0 Å². The highest BCUT2D eigenvalue weighted by molar-refractivity contribution is 8.00. The zero-order chi connectivity index (χ0) is 55.0. The number of nitrogens with one attached hydrogen (secondary N) is 2. The van der Waals surface area contributed by atoms with Crippen molar-refractivity contribution in [2.75, 3.05) is 25.1 Å². The molecule has 11 atom stereocenters. The van der Waals surface area contributed by atoms with E-state index in [2.05, 4.69) is 16.7 Å². The minimum absolute atomic E-state index is 0.0151. The van der Waals surface area contributed by atoms with E-state index in [-0.39, 0.29) is 54.7 Å². The third-order valence-corrected chi connectivity index (χ3v) is 16.7. The van der Waals surface area contributed by atoms with Gasteiger partial charge < -0.3 is 65.0 Å². The van der Waals surface area contributed by atoms with E-state index in [1.807, 2.05) is 97.9 Å². The number of esters is 1. The fraction of sp³-hybridized carbons (Fsp3) is 0.475. The quantitative estimate of drug-likeness (QED) is 0.0288. The van der Waals surface area contributed by atoms with Gasteiger partial charge in [0.1, 0.15) is 47.3 Å². The molecule has 5 aliphatic rings. The van der Waals surface area contributed by atoms with E-state index in [4.69, 9.17) is 23.7 Å². The number of aliphatic hydroxyl groups is 6. The number of carbonyl (C=O) groups is 3. The van der Waals surface area contributed by atoms with Gasteiger partial charge in [-0.2, -0.15) is 0 Å². The Morgan fingerprint density at radius 2 is 1.64 bits per heavy atom. The van der Waals surface area contributed by atoms with Gasteiger partial charge in [0.2, 0.25) is 12.2 Å². The molecular weight excluding hydrogens is 993 g/mol. The topological polar surface area (TPSA) is 243 Å². The number of aliphatic hydroxyl groups excluding tert-OH is 5. The number of ketones is 1. The molecule has 4 aliphatic heterocycles. The van der Waals surface area contributed by atoms with Crippen LogP contribution < -0.4 is 29.6 Å². The van der Waals surface area contributed by atoms with Gasteiger partial charge in [0.25, 0.3) is 0 Å². The summed E-state index contributed by atoms with van der Waals surface area (Å²) in [7, 11) is 0. The Morgan fingerprint density at radius 1 is 0.934 bits per heavy atom. The summed E-state index contributed by atoms with van der Waals surface area (Å²) in [5, 5.41) is 70.1. The van der Waals surface area contributed by atoms with Crippen molar-refractivity contribution in [3.63, 3.8) is 0 Å². The van der Waals surface area contributed by atoms with Crippen LogP contribution >= 0.6 is 11.8 Å². The molecule has 3 aromatic carbocycles. The molecule has 3 aromatic rings. The number of Topliss-reactive ketones (excluding diaryl/α,β-unsaturated/α-hetero) is 1. The molecule has 0 spiro atoms. The number of hydrogen-bond acceptors (Lipinski definition) is 16. The number of thioether (sulfide) groups is 1. The third kappa shape index (κ3) is 10.5. The van der Waals surface area contributed by atoms with Crippen molar-refractivity contribution < 1.29 is 68.7 Å². The lowest BCUT2D eigenvalue weighted by atomic mass is 9.55. The maximum atomic E-state index is 15.5. The average molecular weight is 1070 g/mol. The van der Waals surface area contributed by atoms with Gasteiger partial charge >= 0.3 is 5.97 Å². The molecule has 17 heteroatoms. The van der Waals surface area contributed by atoms with E-state index in [0.717, 1.165) is 16.0 Å². The second-order valence-corrected chi connectivity index (χ2v) is 22.7. The Balaban J connectivity index is 1.38. The van der Waals surface area contributed by atoms with Gasteiger partial charge in [-0.25, -0.2) is 4.79 Å². The van der Waals surface area contributed by atoms with Crippen molar-refractivity contribution in [3.8, 4) is 23.0 Å². The predicted octanol–water partition coefficient (Wildman–Crippen LogP) is 7.23. The Morgan fingerprint density at radius 3 is 2.32 bits per heavy atom. The van der Waals surface area contributed by atoms with Crippen LogP contribution in [0.4, 0.5) is 5.69 Å². The summed E-state index contributed by atoms with van der Waals surface area (Å²) in [5.74, 6) is -2.52. The van der Waals surface area contributed by atoms with E-state index in [1.165, 1.54) is 48.2 Å². The highest BCUT2D eigenvalue weighted by Gasteiger charge is 2.71. The fourth-order valence-corrected chi connectivity index (χ4v) is 12.2. The summed E-state index contributed by atoms with van der Waals surface area (Å²) < 4.78 is 33.1. The largest absolute Gasteiger partial charge is 0.482 e. The normalized spacial score (nSPS) is 28.6. The maximum absolute atomic E-state index is 15.5. The van der Waals surface area contributed by atoms with Crippen LogP contribution in [0, 0.1) is 17.8 Å². The summed E-state index contributed by atoms with van der Waals surface area (Å²) >= 11 is 1.49. The van der Waals surface area contributed by atoms with Gasteiger partial charge in [-0.05, 0) is 114 Å². The van der Waals surface area contributed by atoms with E-state index in [1.54, 1.807) is 6.92 Å². The molecule has 408 valence electrons. The molecule has 4 heterocycles. The monoisotopic (exact) mass is 1060 g/mol. The SMILES string of the molecule is CC(C)=CCCC1(C)C=Cc2c(c(CC=C(C)C)c3c(c2OC(=O)c2ccc(O[C@@H]4O[C@H](CO)[C@@H](O)[C@H](O)[C@H]4O)cc2)C2=C4C(Sc5ccccc5N2)C(C)C(=O)C(O)(C/C=C\C(=O)NCCO)C4(C(C)C(C)C)O3)O1. The summed E-state index contributed by atoms with van der Waals surface area (Å²) in [6.07, 6.45) is 4.51. The Bertz CT molecular complexity index is 2860. The van der Waals surface area contributed by atoms with E-state index in [9.17, 15) is 40.2 Å². The molecule has 1 amide bonds. The first-order valence-electron chi connectivity index (χ1n) is 26.1. The van der Waals surface area contributed by atoms with Crippen LogP contribution in [0.25, 0.3) is 11.8 Å². The van der Waals surface area contributed by atoms with E-state index in [0.29, 0.717) is 52.2 Å².